The fourth-order valence-corrected chi connectivity index (χ4v) is 1.75. The smallest absolute Gasteiger partial charge is 0.408 e. The molecule has 0 fully saturated rings. The number of benzene rings is 1. The van der Waals surface area contributed by atoms with Gasteiger partial charge in [0.25, 0.3) is 0 Å². The Kier molecular flexibility index (Phi) is 5.28. The summed E-state index contributed by atoms with van der Waals surface area (Å²) in [7, 11) is 0. The molecule has 0 saturated heterocycles. The Morgan fingerprint density at radius 2 is 1.80 bits per heavy atom. The minimum absolute atomic E-state index is 0.427. The van der Waals surface area contributed by atoms with E-state index in [2.05, 4.69) is 10.6 Å². The number of rotatable bonds is 4. The average Bonchev–Trinajstić information content (AvgIpc) is 2.24. The predicted octanol–water partition coefficient (Wildman–Crippen LogP) is 4.06. The molecule has 0 heterocycles. The van der Waals surface area contributed by atoms with Gasteiger partial charge in [0.2, 0.25) is 0 Å². The quantitative estimate of drug-likeness (QED) is 0.881. The molecule has 1 aromatic carbocycles. The third-order valence-electron chi connectivity index (χ3n) is 2.43. The van der Waals surface area contributed by atoms with Gasteiger partial charge in [0.15, 0.2) is 0 Å². The maximum absolute atomic E-state index is 11.8. The zero-order chi connectivity index (χ0) is 15.4. The van der Waals surface area contributed by atoms with Gasteiger partial charge < -0.3 is 15.4 Å². The Morgan fingerprint density at radius 1 is 1.20 bits per heavy atom. The van der Waals surface area contributed by atoms with Crippen molar-refractivity contribution in [3.8, 4) is 0 Å². The van der Waals surface area contributed by atoms with E-state index in [9.17, 15) is 4.79 Å². The number of hydrogen-bond acceptors (Lipinski definition) is 3. The third kappa shape index (κ3) is 6.15. The Bertz CT molecular complexity index is 467. The van der Waals surface area contributed by atoms with E-state index in [1.54, 1.807) is 0 Å². The van der Waals surface area contributed by atoms with Crippen molar-refractivity contribution in [3.05, 3.63) is 29.3 Å². The van der Waals surface area contributed by atoms with Crippen molar-refractivity contribution in [2.24, 2.45) is 0 Å². The topological polar surface area (TPSA) is 50.4 Å². The fraction of sp³-hybridized carbons (Fsp3) is 0.533. The molecule has 1 aromatic rings. The van der Waals surface area contributed by atoms with E-state index in [4.69, 9.17) is 16.3 Å². The molecule has 0 radical (unpaired) electrons. The number of nitrogens with one attached hydrogen (secondary N) is 2. The minimum atomic E-state index is -0.504. The van der Waals surface area contributed by atoms with Crippen molar-refractivity contribution in [2.45, 2.75) is 45.8 Å². The maximum Gasteiger partial charge on any atom is 0.408 e. The molecule has 112 valence electrons. The molecular formula is C15H23ClN2O2. The van der Waals surface area contributed by atoms with Gasteiger partial charge in [-0.2, -0.15) is 0 Å². The second kappa shape index (κ2) is 6.35. The first-order valence-electron chi connectivity index (χ1n) is 6.59. The third-order valence-corrected chi connectivity index (χ3v) is 2.76. The minimum Gasteiger partial charge on any atom is -0.444 e. The van der Waals surface area contributed by atoms with E-state index in [0.717, 1.165) is 5.69 Å². The highest BCUT2D eigenvalue weighted by atomic mass is 35.5. The summed E-state index contributed by atoms with van der Waals surface area (Å²) in [5, 5.41) is 6.71. The van der Waals surface area contributed by atoms with Crippen LogP contribution in [0.5, 0.6) is 0 Å². The van der Waals surface area contributed by atoms with Crippen molar-refractivity contribution < 1.29 is 9.53 Å². The molecule has 0 saturated carbocycles. The first kappa shape index (κ1) is 16.6. The molecule has 5 heteroatoms. The van der Waals surface area contributed by atoms with Crippen LogP contribution in [0.1, 0.15) is 34.6 Å². The van der Waals surface area contributed by atoms with Gasteiger partial charge in [-0.05, 0) is 46.8 Å². The molecule has 1 amide bonds. The molecule has 2 N–H and O–H groups in total. The summed E-state index contributed by atoms with van der Waals surface area (Å²) in [5.41, 5.74) is -0.120. The summed E-state index contributed by atoms with van der Waals surface area (Å²) in [6, 6.07) is 7.49. The van der Waals surface area contributed by atoms with E-state index in [-0.39, 0.29) is 0 Å². The lowest BCUT2D eigenvalue weighted by Crippen LogP contribution is -2.50. The lowest BCUT2D eigenvalue weighted by Gasteiger charge is -2.29. The summed E-state index contributed by atoms with van der Waals surface area (Å²) < 4.78 is 5.25. The normalized spacial score (nSPS) is 11.9. The number of amides is 1. The van der Waals surface area contributed by atoms with E-state index in [1.165, 1.54) is 0 Å². The number of anilines is 1. The van der Waals surface area contributed by atoms with Gasteiger partial charge >= 0.3 is 6.09 Å². The summed E-state index contributed by atoms with van der Waals surface area (Å²) >= 11 is 6.07. The number of para-hydroxylation sites is 1. The summed E-state index contributed by atoms with van der Waals surface area (Å²) in [6.45, 7) is 9.88. The number of hydrogen-bond donors (Lipinski definition) is 2. The monoisotopic (exact) mass is 298 g/mol. The molecule has 0 atom stereocenters. The van der Waals surface area contributed by atoms with Crippen LogP contribution in [-0.4, -0.2) is 23.8 Å². The van der Waals surface area contributed by atoms with Crippen molar-refractivity contribution in [3.63, 3.8) is 0 Å². The number of carbonyl (C=O) groups excluding carboxylic acids is 1. The van der Waals surface area contributed by atoms with Crippen molar-refractivity contribution in [1.82, 2.24) is 5.32 Å². The molecule has 1 rings (SSSR count). The van der Waals surface area contributed by atoms with Crippen LogP contribution in [-0.2, 0) is 4.74 Å². The van der Waals surface area contributed by atoms with E-state index in [1.807, 2.05) is 58.9 Å². The number of carbonyl (C=O) groups is 1. The van der Waals surface area contributed by atoms with Crippen LogP contribution in [0, 0.1) is 0 Å². The van der Waals surface area contributed by atoms with E-state index < -0.39 is 17.2 Å². The van der Waals surface area contributed by atoms with Crippen LogP contribution in [0.15, 0.2) is 24.3 Å². The Labute approximate surface area is 125 Å². The van der Waals surface area contributed by atoms with Crippen molar-refractivity contribution >= 4 is 23.4 Å². The number of alkyl carbamates (subject to hydrolysis) is 1. The molecule has 0 aromatic heterocycles. The summed E-state index contributed by atoms with van der Waals surface area (Å²) in [6.07, 6.45) is -0.427. The van der Waals surface area contributed by atoms with Crippen LogP contribution >= 0.6 is 11.6 Å². The molecular weight excluding hydrogens is 276 g/mol. The van der Waals surface area contributed by atoms with Gasteiger partial charge in [0.1, 0.15) is 5.60 Å². The average molecular weight is 299 g/mol. The van der Waals surface area contributed by atoms with Gasteiger partial charge in [-0.25, -0.2) is 4.79 Å². The van der Waals surface area contributed by atoms with Crippen LogP contribution in [0.2, 0.25) is 5.02 Å². The Hall–Kier alpha value is -1.42. The fourth-order valence-electron chi connectivity index (χ4n) is 1.54. The van der Waals surface area contributed by atoms with Gasteiger partial charge in [0, 0.05) is 6.54 Å². The summed E-state index contributed by atoms with van der Waals surface area (Å²) in [4.78, 5) is 11.8. The van der Waals surface area contributed by atoms with Gasteiger partial charge in [-0.1, -0.05) is 23.7 Å². The number of halogens is 1. The highest BCUT2D eigenvalue weighted by molar-refractivity contribution is 6.33. The molecule has 0 spiro atoms. The molecule has 4 nitrogen and oxygen atoms in total. The van der Waals surface area contributed by atoms with Gasteiger partial charge in [0.05, 0.1) is 16.2 Å². The molecule has 20 heavy (non-hydrogen) atoms. The van der Waals surface area contributed by atoms with Crippen molar-refractivity contribution in [2.75, 3.05) is 11.9 Å². The molecule has 0 unspecified atom stereocenters. The maximum atomic E-state index is 11.8. The lowest BCUT2D eigenvalue weighted by atomic mass is 10.1. The highest BCUT2D eigenvalue weighted by Gasteiger charge is 2.24. The predicted molar refractivity (Wildman–Crippen MR) is 83.4 cm³/mol. The zero-order valence-corrected chi connectivity index (χ0v) is 13.5. The number of ether oxygens (including phenoxy) is 1. The molecule has 0 aliphatic carbocycles. The van der Waals surface area contributed by atoms with Crippen LogP contribution < -0.4 is 10.6 Å². The Balaban J connectivity index is 2.53. The van der Waals surface area contributed by atoms with Crippen LogP contribution in [0.3, 0.4) is 0 Å². The zero-order valence-electron chi connectivity index (χ0n) is 12.7. The lowest BCUT2D eigenvalue weighted by molar-refractivity contribution is 0.0478. The second-order valence-electron chi connectivity index (χ2n) is 6.34. The van der Waals surface area contributed by atoms with Crippen LogP contribution in [0.4, 0.5) is 10.5 Å². The molecule has 0 bridgehead atoms. The van der Waals surface area contributed by atoms with Crippen LogP contribution in [0.25, 0.3) is 0 Å². The molecule has 0 aliphatic rings. The van der Waals surface area contributed by atoms with Crippen molar-refractivity contribution in [1.29, 1.82) is 0 Å². The van der Waals surface area contributed by atoms with Gasteiger partial charge in [-0.15, -0.1) is 0 Å². The highest BCUT2D eigenvalue weighted by Crippen LogP contribution is 2.21. The first-order valence-corrected chi connectivity index (χ1v) is 6.96. The molecule has 0 aliphatic heterocycles. The second-order valence-corrected chi connectivity index (χ2v) is 6.75. The standard InChI is InChI=1S/C15H23ClN2O2/c1-14(2,3)20-13(19)18-15(4,5)10-17-12-9-7-6-8-11(12)16/h6-9,17H,10H2,1-5H3,(H,18,19). The first-order chi connectivity index (χ1) is 9.09. The SMILES string of the molecule is CC(C)(CNc1ccccc1Cl)NC(=O)OC(C)(C)C. The van der Waals surface area contributed by atoms with Gasteiger partial charge in [-0.3, -0.25) is 0 Å². The Morgan fingerprint density at radius 3 is 2.35 bits per heavy atom. The largest absolute Gasteiger partial charge is 0.444 e. The van der Waals surface area contributed by atoms with E-state index >= 15 is 0 Å². The summed E-state index contributed by atoms with van der Waals surface area (Å²) in [5.74, 6) is 0. The van der Waals surface area contributed by atoms with E-state index in [0.29, 0.717) is 11.6 Å².